The standard InChI is InChI=1S/C15H20N2O3/c1-10(11-5-3-2-4-6-11)17-14(18)13-9-12(15(19)20)7-8-16-13/h7-11H,2-6H2,1H3,(H,17,18)(H,19,20). The molecule has 1 unspecified atom stereocenters. The summed E-state index contributed by atoms with van der Waals surface area (Å²) >= 11 is 0. The van der Waals surface area contributed by atoms with Crippen LogP contribution in [0.2, 0.25) is 0 Å². The molecule has 1 aliphatic carbocycles. The second-order valence-electron chi connectivity index (χ2n) is 5.40. The Bertz CT molecular complexity index is 496. The highest BCUT2D eigenvalue weighted by Crippen LogP contribution is 2.26. The molecule has 0 bridgehead atoms. The van der Waals surface area contributed by atoms with Crippen LogP contribution < -0.4 is 5.32 Å². The molecule has 0 spiro atoms. The van der Waals surface area contributed by atoms with Crippen molar-refractivity contribution in [3.8, 4) is 0 Å². The molecule has 1 heterocycles. The maximum atomic E-state index is 12.1. The molecule has 1 aromatic rings. The number of amides is 1. The lowest BCUT2D eigenvalue weighted by molar-refractivity contribution is 0.0696. The van der Waals surface area contributed by atoms with Gasteiger partial charge >= 0.3 is 5.97 Å². The SMILES string of the molecule is CC(NC(=O)c1cc(C(=O)O)ccn1)C1CCCCC1. The van der Waals surface area contributed by atoms with Gasteiger partial charge in [0.1, 0.15) is 5.69 Å². The summed E-state index contributed by atoms with van der Waals surface area (Å²) in [4.78, 5) is 26.9. The Morgan fingerprint density at radius 1 is 1.35 bits per heavy atom. The van der Waals surface area contributed by atoms with Gasteiger partial charge in [0.2, 0.25) is 0 Å². The first kappa shape index (κ1) is 14.5. The first-order valence-electron chi connectivity index (χ1n) is 7.08. The highest BCUT2D eigenvalue weighted by molar-refractivity contribution is 5.95. The van der Waals surface area contributed by atoms with Gasteiger partial charge in [-0.25, -0.2) is 4.79 Å². The number of rotatable bonds is 4. The van der Waals surface area contributed by atoms with Crippen molar-refractivity contribution in [2.45, 2.75) is 45.1 Å². The van der Waals surface area contributed by atoms with E-state index in [1.54, 1.807) is 0 Å². The number of hydrogen-bond acceptors (Lipinski definition) is 3. The topological polar surface area (TPSA) is 79.3 Å². The van der Waals surface area contributed by atoms with E-state index in [0.29, 0.717) is 5.92 Å². The molecule has 108 valence electrons. The van der Waals surface area contributed by atoms with Crippen molar-refractivity contribution >= 4 is 11.9 Å². The minimum absolute atomic E-state index is 0.0791. The van der Waals surface area contributed by atoms with E-state index < -0.39 is 5.97 Å². The van der Waals surface area contributed by atoms with E-state index in [2.05, 4.69) is 10.3 Å². The van der Waals surface area contributed by atoms with E-state index in [0.717, 1.165) is 12.8 Å². The van der Waals surface area contributed by atoms with Gasteiger partial charge in [-0.3, -0.25) is 9.78 Å². The summed E-state index contributed by atoms with van der Waals surface area (Å²) in [5.41, 5.74) is 0.239. The van der Waals surface area contributed by atoms with Crippen LogP contribution in [0.4, 0.5) is 0 Å². The third kappa shape index (κ3) is 3.56. The summed E-state index contributed by atoms with van der Waals surface area (Å²) < 4.78 is 0. The highest BCUT2D eigenvalue weighted by atomic mass is 16.4. The van der Waals surface area contributed by atoms with Crippen molar-refractivity contribution in [2.24, 2.45) is 5.92 Å². The summed E-state index contributed by atoms with van der Waals surface area (Å²) in [7, 11) is 0. The molecule has 0 radical (unpaired) electrons. The maximum absolute atomic E-state index is 12.1. The Morgan fingerprint density at radius 3 is 2.70 bits per heavy atom. The zero-order valence-electron chi connectivity index (χ0n) is 11.6. The van der Waals surface area contributed by atoms with Crippen molar-refractivity contribution in [3.63, 3.8) is 0 Å². The largest absolute Gasteiger partial charge is 0.478 e. The van der Waals surface area contributed by atoms with Gasteiger partial charge in [0.15, 0.2) is 0 Å². The van der Waals surface area contributed by atoms with Crippen LogP contribution >= 0.6 is 0 Å². The van der Waals surface area contributed by atoms with E-state index in [-0.39, 0.29) is 23.2 Å². The Balaban J connectivity index is 2.00. The first-order valence-corrected chi connectivity index (χ1v) is 7.08. The molecule has 2 N–H and O–H groups in total. The lowest BCUT2D eigenvalue weighted by Crippen LogP contribution is -2.39. The van der Waals surface area contributed by atoms with E-state index in [1.807, 2.05) is 6.92 Å². The average Bonchev–Trinajstić information content (AvgIpc) is 2.48. The zero-order chi connectivity index (χ0) is 14.5. The second-order valence-corrected chi connectivity index (χ2v) is 5.40. The number of pyridine rings is 1. The number of aromatic carboxylic acids is 1. The van der Waals surface area contributed by atoms with Gasteiger partial charge in [-0.15, -0.1) is 0 Å². The Morgan fingerprint density at radius 2 is 2.05 bits per heavy atom. The molecule has 5 nitrogen and oxygen atoms in total. The van der Waals surface area contributed by atoms with Gasteiger partial charge in [0.25, 0.3) is 5.91 Å². The van der Waals surface area contributed by atoms with Gasteiger partial charge in [-0.2, -0.15) is 0 Å². The smallest absolute Gasteiger partial charge is 0.335 e. The van der Waals surface area contributed by atoms with Crippen molar-refractivity contribution < 1.29 is 14.7 Å². The van der Waals surface area contributed by atoms with E-state index >= 15 is 0 Å². The third-order valence-electron chi connectivity index (χ3n) is 3.96. The predicted molar refractivity (Wildman–Crippen MR) is 74.7 cm³/mol. The number of carbonyl (C=O) groups is 2. The molecule has 1 fully saturated rings. The van der Waals surface area contributed by atoms with Gasteiger partial charge in [-0.1, -0.05) is 19.3 Å². The van der Waals surface area contributed by atoms with Crippen molar-refractivity contribution in [1.82, 2.24) is 10.3 Å². The quantitative estimate of drug-likeness (QED) is 0.885. The van der Waals surface area contributed by atoms with Crippen LogP contribution in [0.5, 0.6) is 0 Å². The molecule has 1 atom stereocenters. The second kappa shape index (κ2) is 6.50. The Labute approximate surface area is 118 Å². The highest BCUT2D eigenvalue weighted by Gasteiger charge is 2.22. The summed E-state index contributed by atoms with van der Waals surface area (Å²) in [5, 5.41) is 11.9. The summed E-state index contributed by atoms with van der Waals surface area (Å²) in [6.45, 7) is 2.01. The summed E-state index contributed by atoms with van der Waals surface area (Å²) in [6.07, 6.45) is 7.35. The van der Waals surface area contributed by atoms with Crippen molar-refractivity contribution in [3.05, 3.63) is 29.6 Å². The minimum atomic E-state index is -1.05. The van der Waals surface area contributed by atoms with Crippen LogP contribution in [0.3, 0.4) is 0 Å². The Hall–Kier alpha value is -1.91. The number of aromatic nitrogens is 1. The number of carboxylic acids is 1. The molecule has 0 aliphatic heterocycles. The van der Waals surface area contributed by atoms with E-state index in [4.69, 9.17) is 5.11 Å². The fraction of sp³-hybridized carbons (Fsp3) is 0.533. The van der Waals surface area contributed by atoms with E-state index in [9.17, 15) is 9.59 Å². The van der Waals surface area contributed by atoms with E-state index in [1.165, 1.54) is 37.6 Å². The number of carbonyl (C=O) groups excluding carboxylic acids is 1. The van der Waals surface area contributed by atoms with Crippen molar-refractivity contribution in [2.75, 3.05) is 0 Å². The normalized spacial score (nSPS) is 17.4. The molecule has 20 heavy (non-hydrogen) atoms. The minimum Gasteiger partial charge on any atom is -0.478 e. The van der Waals surface area contributed by atoms with Crippen LogP contribution in [0.15, 0.2) is 18.3 Å². The molecule has 1 aliphatic rings. The van der Waals surface area contributed by atoms with Gasteiger partial charge in [0.05, 0.1) is 5.56 Å². The van der Waals surface area contributed by atoms with Gasteiger partial charge in [0, 0.05) is 12.2 Å². The molecule has 1 saturated carbocycles. The lowest BCUT2D eigenvalue weighted by Gasteiger charge is -2.28. The van der Waals surface area contributed by atoms with Crippen LogP contribution in [-0.2, 0) is 0 Å². The maximum Gasteiger partial charge on any atom is 0.335 e. The van der Waals surface area contributed by atoms with Crippen LogP contribution in [0.1, 0.15) is 59.9 Å². The monoisotopic (exact) mass is 276 g/mol. The van der Waals surface area contributed by atoms with Gasteiger partial charge < -0.3 is 10.4 Å². The lowest BCUT2D eigenvalue weighted by atomic mass is 9.84. The molecular formula is C15H20N2O3. The van der Waals surface area contributed by atoms with Crippen LogP contribution in [0, 0.1) is 5.92 Å². The first-order chi connectivity index (χ1) is 9.58. The summed E-state index contributed by atoms with van der Waals surface area (Å²) in [5.74, 6) is -0.844. The van der Waals surface area contributed by atoms with Crippen LogP contribution in [-0.4, -0.2) is 28.0 Å². The van der Waals surface area contributed by atoms with Crippen molar-refractivity contribution in [1.29, 1.82) is 0 Å². The molecule has 1 aromatic heterocycles. The molecule has 0 aromatic carbocycles. The molecule has 2 rings (SSSR count). The molecule has 0 saturated heterocycles. The van der Waals surface area contributed by atoms with Gasteiger partial charge in [-0.05, 0) is 37.8 Å². The molecule has 5 heteroatoms. The van der Waals surface area contributed by atoms with Crippen LogP contribution in [0.25, 0.3) is 0 Å². The fourth-order valence-electron chi connectivity index (χ4n) is 2.72. The average molecular weight is 276 g/mol. The number of carboxylic acid groups (broad SMARTS) is 1. The Kier molecular flexibility index (Phi) is 4.71. The number of nitrogens with one attached hydrogen (secondary N) is 1. The number of nitrogens with zero attached hydrogens (tertiary/aromatic N) is 1. The zero-order valence-corrected chi connectivity index (χ0v) is 11.6. The third-order valence-corrected chi connectivity index (χ3v) is 3.96. The predicted octanol–water partition coefficient (Wildman–Crippen LogP) is 2.48. The molecular weight excluding hydrogens is 256 g/mol. The fourth-order valence-corrected chi connectivity index (χ4v) is 2.72. The number of hydrogen-bond donors (Lipinski definition) is 2. The molecule has 1 amide bonds. The summed E-state index contributed by atoms with van der Waals surface area (Å²) in [6, 6.07) is 2.78.